The Morgan fingerprint density at radius 2 is 1.90 bits per heavy atom. The van der Waals surface area contributed by atoms with Gasteiger partial charge in [-0.3, -0.25) is 14.3 Å². The standard InChI is InChI=1S/C22H25FN2O5S/c1-3-30-22(27)16-5-4-12-25(14-16)21(26)20-13-19(11-6-15(20)2)31(28,29)24-18-9-7-17(23)8-10-18/h6-11,13,16,24H,3-5,12,14H2,1-2H3/t16-/m1/s1. The van der Waals surface area contributed by atoms with Gasteiger partial charge in [-0.05, 0) is 68.7 Å². The van der Waals surface area contributed by atoms with Crippen molar-refractivity contribution >= 4 is 27.6 Å². The summed E-state index contributed by atoms with van der Waals surface area (Å²) in [5, 5.41) is 0. The number of anilines is 1. The smallest absolute Gasteiger partial charge is 0.310 e. The van der Waals surface area contributed by atoms with Crippen LogP contribution < -0.4 is 4.72 Å². The Labute approximate surface area is 181 Å². The number of carbonyl (C=O) groups excluding carboxylic acids is 2. The molecule has 3 rings (SSSR count). The lowest BCUT2D eigenvalue weighted by molar-refractivity contribution is -0.149. The molecule has 1 amide bonds. The summed E-state index contributed by atoms with van der Waals surface area (Å²) in [6.07, 6.45) is 1.32. The number of amides is 1. The predicted octanol–water partition coefficient (Wildman–Crippen LogP) is 3.35. The van der Waals surface area contributed by atoms with Gasteiger partial charge in [0, 0.05) is 24.3 Å². The van der Waals surface area contributed by atoms with Crippen molar-refractivity contribution in [3.05, 3.63) is 59.4 Å². The summed E-state index contributed by atoms with van der Waals surface area (Å²) in [6, 6.07) is 9.25. The molecule has 1 fully saturated rings. The number of hydrogen-bond donors (Lipinski definition) is 1. The maximum atomic E-state index is 13.1. The zero-order valence-electron chi connectivity index (χ0n) is 17.4. The maximum Gasteiger partial charge on any atom is 0.310 e. The monoisotopic (exact) mass is 448 g/mol. The van der Waals surface area contributed by atoms with Crippen LogP contribution in [0.4, 0.5) is 10.1 Å². The van der Waals surface area contributed by atoms with E-state index in [4.69, 9.17) is 4.74 Å². The molecule has 1 aliphatic heterocycles. The van der Waals surface area contributed by atoms with Crippen molar-refractivity contribution < 1.29 is 27.1 Å². The molecule has 0 unspecified atom stereocenters. The molecule has 7 nitrogen and oxygen atoms in total. The molecule has 166 valence electrons. The Morgan fingerprint density at radius 1 is 1.19 bits per heavy atom. The van der Waals surface area contributed by atoms with Crippen LogP contribution in [0.15, 0.2) is 47.4 Å². The Balaban J connectivity index is 1.82. The molecule has 0 bridgehead atoms. The SMILES string of the molecule is CCOC(=O)[C@@H]1CCCN(C(=O)c2cc(S(=O)(=O)Nc3ccc(F)cc3)ccc2C)C1. The van der Waals surface area contributed by atoms with Crippen molar-refractivity contribution in [3.8, 4) is 0 Å². The van der Waals surface area contributed by atoms with E-state index in [9.17, 15) is 22.4 Å². The lowest BCUT2D eigenvalue weighted by Crippen LogP contribution is -2.43. The van der Waals surface area contributed by atoms with Crippen LogP contribution in [0.5, 0.6) is 0 Å². The van der Waals surface area contributed by atoms with Crippen molar-refractivity contribution in [2.75, 3.05) is 24.4 Å². The second-order valence-corrected chi connectivity index (χ2v) is 9.11. The lowest BCUT2D eigenvalue weighted by Gasteiger charge is -2.32. The summed E-state index contributed by atoms with van der Waals surface area (Å²) in [7, 11) is -3.98. The molecular formula is C22H25FN2O5S. The van der Waals surface area contributed by atoms with Gasteiger partial charge in [-0.1, -0.05) is 6.07 Å². The molecule has 0 saturated carbocycles. The third kappa shape index (κ3) is 5.41. The van der Waals surface area contributed by atoms with E-state index in [0.29, 0.717) is 24.9 Å². The van der Waals surface area contributed by atoms with Gasteiger partial charge in [0.1, 0.15) is 5.82 Å². The molecule has 0 aromatic heterocycles. The highest BCUT2D eigenvalue weighted by molar-refractivity contribution is 7.92. The number of ether oxygens (including phenoxy) is 1. The van der Waals surface area contributed by atoms with E-state index in [1.165, 1.54) is 24.3 Å². The Morgan fingerprint density at radius 3 is 2.58 bits per heavy atom. The van der Waals surface area contributed by atoms with Crippen molar-refractivity contribution in [3.63, 3.8) is 0 Å². The average molecular weight is 449 g/mol. The van der Waals surface area contributed by atoms with Crippen LogP contribution in [-0.4, -0.2) is 44.9 Å². The highest BCUT2D eigenvalue weighted by atomic mass is 32.2. The van der Waals surface area contributed by atoms with Crippen LogP contribution in [0.25, 0.3) is 0 Å². The number of sulfonamides is 1. The van der Waals surface area contributed by atoms with Gasteiger partial charge >= 0.3 is 5.97 Å². The van der Waals surface area contributed by atoms with Crippen LogP contribution in [0.2, 0.25) is 0 Å². The number of esters is 1. The third-order valence-corrected chi connectivity index (χ3v) is 6.55. The maximum absolute atomic E-state index is 13.1. The Hall–Kier alpha value is -2.94. The van der Waals surface area contributed by atoms with Gasteiger partial charge in [-0.25, -0.2) is 12.8 Å². The normalized spacial score (nSPS) is 16.6. The number of likely N-dealkylation sites (tertiary alicyclic amines) is 1. The second kappa shape index (κ2) is 9.47. The summed E-state index contributed by atoms with van der Waals surface area (Å²) < 4.78 is 46.1. The van der Waals surface area contributed by atoms with Crippen molar-refractivity contribution in [2.24, 2.45) is 5.92 Å². The molecule has 9 heteroatoms. The Kier molecular flexibility index (Phi) is 6.94. The van der Waals surface area contributed by atoms with Crippen molar-refractivity contribution in [2.45, 2.75) is 31.6 Å². The first-order chi connectivity index (χ1) is 14.7. The first-order valence-corrected chi connectivity index (χ1v) is 11.5. The van der Waals surface area contributed by atoms with Gasteiger partial charge in [0.25, 0.3) is 15.9 Å². The van der Waals surface area contributed by atoms with Gasteiger partial charge in [-0.15, -0.1) is 0 Å². The average Bonchev–Trinajstić information content (AvgIpc) is 2.75. The van der Waals surface area contributed by atoms with Crippen LogP contribution >= 0.6 is 0 Å². The molecule has 0 radical (unpaired) electrons. The van der Waals surface area contributed by atoms with E-state index in [-0.39, 0.29) is 47.1 Å². The number of aryl methyl sites for hydroxylation is 1. The molecule has 1 atom stereocenters. The highest BCUT2D eigenvalue weighted by Crippen LogP contribution is 2.24. The molecule has 2 aromatic rings. The molecule has 31 heavy (non-hydrogen) atoms. The summed E-state index contributed by atoms with van der Waals surface area (Å²) in [4.78, 5) is 26.7. The first-order valence-electron chi connectivity index (χ1n) is 10.1. The van der Waals surface area contributed by atoms with Crippen LogP contribution in [-0.2, 0) is 19.6 Å². The topological polar surface area (TPSA) is 92.8 Å². The van der Waals surface area contributed by atoms with Gasteiger partial charge in [0.2, 0.25) is 0 Å². The number of rotatable bonds is 6. The fourth-order valence-electron chi connectivity index (χ4n) is 3.52. The fourth-order valence-corrected chi connectivity index (χ4v) is 4.60. The number of benzene rings is 2. The number of piperidine rings is 1. The number of halogens is 1. The minimum absolute atomic E-state index is 0.0790. The molecule has 2 aromatic carbocycles. The lowest BCUT2D eigenvalue weighted by atomic mass is 9.97. The predicted molar refractivity (Wildman–Crippen MR) is 114 cm³/mol. The molecule has 1 N–H and O–H groups in total. The minimum atomic E-state index is -3.98. The Bertz CT molecular complexity index is 1070. The van der Waals surface area contributed by atoms with Gasteiger partial charge in [0.15, 0.2) is 0 Å². The van der Waals surface area contributed by atoms with Crippen molar-refractivity contribution in [1.82, 2.24) is 4.90 Å². The van der Waals surface area contributed by atoms with Gasteiger partial charge in [0.05, 0.1) is 17.4 Å². The number of nitrogens with zero attached hydrogens (tertiary/aromatic N) is 1. The molecule has 1 heterocycles. The summed E-state index contributed by atoms with van der Waals surface area (Å²) in [5.74, 6) is -1.51. The zero-order valence-corrected chi connectivity index (χ0v) is 18.2. The van der Waals surface area contributed by atoms with E-state index in [2.05, 4.69) is 4.72 Å². The second-order valence-electron chi connectivity index (χ2n) is 7.43. The first kappa shape index (κ1) is 22.7. The summed E-state index contributed by atoms with van der Waals surface area (Å²) in [5.41, 5.74) is 1.10. The zero-order chi connectivity index (χ0) is 22.6. The minimum Gasteiger partial charge on any atom is -0.466 e. The summed E-state index contributed by atoms with van der Waals surface area (Å²) in [6.45, 7) is 4.47. The number of carbonyl (C=O) groups is 2. The van der Waals surface area contributed by atoms with E-state index < -0.39 is 15.8 Å². The molecule has 0 aliphatic carbocycles. The number of hydrogen-bond acceptors (Lipinski definition) is 5. The van der Waals surface area contributed by atoms with E-state index in [0.717, 1.165) is 12.1 Å². The van der Waals surface area contributed by atoms with E-state index in [1.54, 1.807) is 24.8 Å². The quantitative estimate of drug-likeness (QED) is 0.684. The largest absolute Gasteiger partial charge is 0.466 e. The molecule has 1 aliphatic rings. The number of nitrogens with one attached hydrogen (secondary N) is 1. The van der Waals surface area contributed by atoms with E-state index >= 15 is 0 Å². The molecule has 0 spiro atoms. The highest BCUT2D eigenvalue weighted by Gasteiger charge is 2.30. The van der Waals surface area contributed by atoms with Crippen LogP contribution in [0.1, 0.15) is 35.7 Å². The van der Waals surface area contributed by atoms with Gasteiger partial charge in [-0.2, -0.15) is 0 Å². The van der Waals surface area contributed by atoms with Gasteiger partial charge < -0.3 is 9.64 Å². The third-order valence-electron chi connectivity index (χ3n) is 5.17. The molecular weight excluding hydrogens is 423 g/mol. The molecule has 1 saturated heterocycles. The van der Waals surface area contributed by atoms with Crippen LogP contribution in [0.3, 0.4) is 0 Å². The summed E-state index contributed by atoms with van der Waals surface area (Å²) >= 11 is 0. The van der Waals surface area contributed by atoms with Crippen molar-refractivity contribution in [1.29, 1.82) is 0 Å². The van der Waals surface area contributed by atoms with Crippen LogP contribution in [0, 0.1) is 18.7 Å². The fraction of sp³-hybridized carbons (Fsp3) is 0.364. The van der Waals surface area contributed by atoms with E-state index in [1.807, 2.05) is 0 Å².